The molecule has 0 radical (unpaired) electrons. The molecular weight excluding hydrogens is 366 g/mol. The first-order valence-corrected chi connectivity index (χ1v) is 10.0. The van der Waals surface area contributed by atoms with Crippen LogP contribution in [-0.4, -0.2) is 28.7 Å². The number of carbonyl (C=O) groups excluding carboxylic acids is 1. The monoisotopic (exact) mass is 385 g/mol. The van der Waals surface area contributed by atoms with Gasteiger partial charge in [0.05, 0.1) is 12.8 Å². The summed E-state index contributed by atoms with van der Waals surface area (Å²) in [5.74, 6) is 1.72. The number of thioether (sulfide) groups is 1. The Bertz CT molecular complexity index is 836. The minimum Gasteiger partial charge on any atom is -0.497 e. The summed E-state index contributed by atoms with van der Waals surface area (Å²) in [6, 6.07) is 13.6. The Hall–Kier alpha value is -2.38. The highest BCUT2D eigenvalue weighted by Crippen LogP contribution is 2.24. The van der Waals surface area contributed by atoms with Crippen LogP contribution in [0.3, 0.4) is 0 Å². The predicted molar refractivity (Wildman–Crippen MR) is 107 cm³/mol. The van der Waals surface area contributed by atoms with E-state index in [4.69, 9.17) is 4.74 Å². The van der Waals surface area contributed by atoms with Crippen LogP contribution in [0.1, 0.15) is 12.8 Å². The van der Waals surface area contributed by atoms with Gasteiger partial charge in [-0.2, -0.15) is 0 Å². The fourth-order valence-corrected chi connectivity index (χ4v) is 3.81. The second kappa shape index (κ2) is 9.35. The highest BCUT2D eigenvalue weighted by molar-refractivity contribution is 7.99. The van der Waals surface area contributed by atoms with Crippen molar-refractivity contribution in [2.24, 2.45) is 0 Å². The van der Waals surface area contributed by atoms with Crippen LogP contribution >= 0.6 is 23.1 Å². The third kappa shape index (κ3) is 5.31. The molecule has 0 saturated heterocycles. The first-order valence-electron chi connectivity index (χ1n) is 8.18. The zero-order valence-corrected chi connectivity index (χ0v) is 16.0. The lowest BCUT2D eigenvalue weighted by Gasteiger charge is -2.04. The Labute approximate surface area is 160 Å². The third-order valence-electron chi connectivity index (χ3n) is 3.55. The third-order valence-corrected chi connectivity index (χ3v) is 5.41. The van der Waals surface area contributed by atoms with Crippen molar-refractivity contribution >= 4 is 34.1 Å². The topological polar surface area (TPSA) is 64.1 Å². The second-order valence-electron chi connectivity index (χ2n) is 5.43. The van der Waals surface area contributed by atoms with Gasteiger partial charge in [-0.3, -0.25) is 9.78 Å². The van der Waals surface area contributed by atoms with Crippen LogP contribution in [0.25, 0.3) is 11.4 Å². The first-order chi connectivity index (χ1) is 12.7. The number of amides is 1. The molecular formula is C19H19N3O2S2. The van der Waals surface area contributed by atoms with Gasteiger partial charge in [-0.1, -0.05) is 6.07 Å². The van der Waals surface area contributed by atoms with Gasteiger partial charge < -0.3 is 10.1 Å². The average Bonchev–Trinajstić information content (AvgIpc) is 3.15. The first kappa shape index (κ1) is 18.4. The fraction of sp³-hybridized carbons (Fsp3) is 0.211. The van der Waals surface area contributed by atoms with Crippen molar-refractivity contribution in [1.29, 1.82) is 0 Å². The summed E-state index contributed by atoms with van der Waals surface area (Å²) in [4.78, 5) is 21.9. The normalized spacial score (nSPS) is 10.5. The van der Waals surface area contributed by atoms with E-state index in [-0.39, 0.29) is 5.91 Å². The quantitative estimate of drug-likeness (QED) is 0.449. The van der Waals surface area contributed by atoms with Crippen molar-refractivity contribution in [1.82, 2.24) is 9.97 Å². The van der Waals surface area contributed by atoms with Gasteiger partial charge in [-0.25, -0.2) is 4.98 Å². The molecule has 1 amide bonds. The Morgan fingerprint density at radius 3 is 2.77 bits per heavy atom. The van der Waals surface area contributed by atoms with Gasteiger partial charge in [-0.15, -0.1) is 23.1 Å². The maximum atomic E-state index is 12.1. The molecule has 5 nitrogen and oxygen atoms in total. The number of hydrogen-bond acceptors (Lipinski definition) is 6. The van der Waals surface area contributed by atoms with E-state index in [9.17, 15) is 4.79 Å². The van der Waals surface area contributed by atoms with Crippen LogP contribution in [0, 0.1) is 0 Å². The van der Waals surface area contributed by atoms with Gasteiger partial charge in [0, 0.05) is 22.9 Å². The number of thiazole rings is 1. The van der Waals surface area contributed by atoms with Crippen molar-refractivity contribution in [3.05, 3.63) is 54.0 Å². The van der Waals surface area contributed by atoms with Gasteiger partial charge >= 0.3 is 0 Å². The summed E-state index contributed by atoms with van der Waals surface area (Å²) in [5.41, 5.74) is 1.58. The van der Waals surface area contributed by atoms with Crippen LogP contribution in [0.5, 0.6) is 5.75 Å². The fourth-order valence-electron chi connectivity index (χ4n) is 2.24. The number of methoxy groups -OCH3 is 1. The standard InChI is InChI=1S/C19H19N3O2S2/c1-24-14-7-9-15(10-8-14)25-12-4-6-18(23)22-19-21-17(13-26-19)16-5-2-3-11-20-16/h2-3,5,7-11,13H,4,6,12H2,1H3,(H,21,22,23). The van der Waals surface area contributed by atoms with E-state index in [2.05, 4.69) is 15.3 Å². The van der Waals surface area contributed by atoms with E-state index in [0.29, 0.717) is 11.6 Å². The highest BCUT2D eigenvalue weighted by Gasteiger charge is 2.08. The molecule has 134 valence electrons. The number of nitrogens with one attached hydrogen (secondary N) is 1. The predicted octanol–water partition coefficient (Wildman–Crippen LogP) is 4.72. The van der Waals surface area contributed by atoms with E-state index in [1.807, 2.05) is 47.8 Å². The maximum Gasteiger partial charge on any atom is 0.226 e. The van der Waals surface area contributed by atoms with Crippen LogP contribution in [0.15, 0.2) is 58.9 Å². The van der Waals surface area contributed by atoms with Crippen LogP contribution < -0.4 is 10.1 Å². The minimum atomic E-state index is -0.0118. The summed E-state index contributed by atoms with van der Waals surface area (Å²) < 4.78 is 5.14. The van der Waals surface area contributed by atoms with Crippen molar-refractivity contribution in [2.75, 3.05) is 18.2 Å². The van der Waals surface area contributed by atoms with Gasteiger partial charge in [-0.05, 0) is 48.6 Å². The number of benzene rings is 1. The van der Waals surface area contributed by atoms with Gasteiger partial charge in [0.2, 0.25) is 5.91 Å². The number of ether oxygens (including phenoxy) is 1. The van der Waals surface area contributed by atoms with Gasteiger partial charge in [0.1, 0.15) is 11.4 Å². The molecule has 0 atom stereocenters. The van der Waals surface area contributed by atoms with E-state index in [0.717, 1.165) is 29.3 Å². The Morgan fingerprint density at radius 2 is 2.04 bits per heavy atom. The Kier molecular flexibility index (Phi) is 6.62. The van der Waals surface area contributed by atoms with E-state index < -0.39 is 0 Å². The van der Waals surface area contributed by atoms with E-state index in [1.54, 1.807) is 25.1 Å². The number of aromatic nitrogens is 2. The van der Waals surface area contributed by atoms with Crippen molar-refractivity contribution < 1.29 is 9.53 Å². The molecule has 3 rings (SSSR count). The molecule has 0 spiro atoms. The number of anilines is 1. The lowest BCUT2D eigenvalue weighted by Crippen LogP contribution is -2.11. The summed E-state index contributed by atoms with van der Waals surface area (Å²) >= 11 is 3.14. The Morgan fingerprint density at radius 1 is 1.19 bits per heavy atom. The Balaban J connectivity index is 1.41. The zero-order chi connectivity index (χ0) is 18.2. The number of carbonyl (C=O) groups is 1. The van der Waals surface area contributed by atoms with Crippen LogP contribution in [0.2, 0.25) is 0 Å². The summed E-state index contributed by atoms with van der Waals surface area (Å²) in [6.07, 6.45) is 3.01. The van der Waals surface area contributed by atoms with E-state index in [1.165, 1.54) is 16.2 Å². The van der Waals surface area contributed by atoms with Crippen LogP contribution in [-0.2, 0) is 4.79 Å². The molecule has 0 saturated carbocycles. The lowest BCUT2D eigenvalue weighted by molar-refractivity contribution is -0.116. The zero-order valence-electron chi connectivity index (χ0n) is 14.3. The van der Waals surface area contributed by atoms with Crippen molar-refractivity contribution in [3.8, 4) is 17.1 Å². The maximum absolute atomic E-state index is 12.1. The number of nitrogens with zero attached hydrogens (tertiary/aromatic N) is 2. The molecule has 1 aromatic carbocycles. The van der Waals surface area contributed by atoms with E-state index >= 15 is 0 Å². The molecule has 0 aliphatic heterocycles. The number of pyridine rings is 1. The largest absolute Gasteiger partial charge is 0.497 e. The summed E-state index contributed by atoms with van der Waals surface area (Å²) in [5, 5.41) is 5.37. The molecule has 7 heteroatoms. The smallest absolute Gasteiger partial charge is 0.226 e. The second-order valence-corrected chi connectivity index (χ2v) is 7.46. The number of hydrogen-bond donors (Lipinski definition) is 1. The molecule has 0 bridgehead atoms. The van der Waals surface area contributed by atoms with Gasteiger partial charge in [0.25, 0.3) is 0 Å². The lowest BCUT2D eigenvalue weighted by atomic mass is 10.3. The molecule has 1 N–H and O–H groups in total. The molecule has 3 aromatic rings. The van der Waals surface area contributed by atoms with Crippen molar-refractivity contribution in [2.45, 2.75) is 17.7 Å². The summed E-state index contributed by atoms with van der Waals surface area (Å²) in [6.45, 7) is 0. The molecule has 0 aliphatic rings. The van der Waals surface area contributed by atoms with Crippen LogP contribution in [0.4, 0.5) is 5.13 Å². The molecule has 26 heavy (non-hydrogen) atoms. The van der Waals surface area contributed by atoms with Crippen molar-refractivity contribution in [3.63, 3.8) is 0 Å². The highest BCUT2D eigenvalue weighted by atomic mass is 32.2. The molecule has 0 aliphatic carbocycles. The SMILES string of the molecule is COc1ccc(SCCCC(=O)Nc2nc(-c3ccccn3)cs2)cc1. The molecule has 0 fully saturated rings. The van der Waals surface area contributed by atoms with Gasteiger partial charge in [0.15, 0.2) is 5.13 Å². The minimum absolute atomic E-state index is 0.0118. The summed E-state index contributed by atoms with van der Waals surface area (Å²) in [7, 11) is 1.66. The molecule has 2 heterocycles. The molecule has 0 unspecified atom stereocenters. The average molecular weight is 386 g/mol. The molecule has 2 aromatic heterocycles. The number of rotatable bonds is 8.